The van der Waals surface area contributed by atoms with Gasteiger partial charge in [0.25, 0.3) is 0 Å². The van der Waals surface area contributed by atoms with Gasteiger partial charge in [0.15, 0.2) is 9.99 Å². The number of nitrogens with zero attached hydrogens (tertiary/aromatic N) is 2. The molecule has 2 aromatic rings. The van der Waals surface area contributed by atoms with Gasteiger partial charge in [0.2, 0.25) is 0 Å². The number of carbonyl (C=O) groups excluding carboxylic acids is 1. The number of hydrogen-bond donors (Lipinski definition) is 0. The van der Waals surface area contributed by atoms with Crippen molar-refractivity contribution in [3.63, 3.8) is 0 Å². The summed E-state index contributed by atoms with van der Waals surface area (Å²) in [6.07, 6.45) is 3.45. The maximum Gasteiger partial charge on any atom is 0.340 e. The predicted molar refractivity (Wildman–Crippen MR) is 72.9 cm³/mol. The quantitative estimate of drug-likeness (QED) is 0.637. The van der Waals surface area contributed by atoms with Crippen molar-refractivity contribution in [1.29, 1.82) is 0 Å². The number of pyridine rings is 1. The Hall–Kier alpha value is -0.660. The van der Waals surface area contributed by atoms with Gasteiger partial charge in [-0.05, 0) is 29.1 Å². The molecule has 0 aliphatic heterocycles. The molecule has 0 bridgehead atoms. The van der Waals surface area contributed by atoms with Crippen LogP contribution in [0.25, 0.3) is 10.3 Å². The minimum atomic E-state index is -0.368. The molecule has 2 rings (SSSR count). The zero-order valence-electron chi connectivity index (χ0n) is 9.19. The Morgan fingerprint density at radius 1 is 1.65 bits per heavy atom. The zero-order valence-corrected chi connectivity index (χ0v) is 12.4. The van der Waals surface area contributed by atoms with Crippen molar-refractivity contribution in [2.45, 2.75) is 11.3 Å². The molecule has 2 aromatic heterocycles. The summed E-state index contributed by atoms with van der Waals surface area (Å²) in [4.78, 5) is 20.2. The van der Waals surface area contributed by atoms with E-state index < -0.39 is 0 Å². The maximum absolute atomic E-state index is 11.7. The second-order valence-corrected chi connectivity index (χ2v) is 5.89. The van der Waals surface area contributed by atoms with Crippen LogP contribution in [0.1, 0.15) is 17.3 Å². The molecule has 7 heteroatoms. The first-order valence-electron chi connectivity index (χ1n) is 4.83. The van der Waals surface area contributed by atoms with Gasteiger partial charge in [-0.3, -0.25) is 0 Å². The first-order valence-corrected chi connectivity index (χ1v) is 7.67. The van der Waals surface area contributed by atoms with E-state index in [1.165, 1.54) is 17.5 Å². The molecule has 0 N–H and O–H groups in total. The molecule has 0 unspecified atom stereocenters. The van der Waals surface area contributed by atoms with Crippen molar-refractivity contribution in [3.8, 4) is 0 Å². The van der Waals surface area contributed by atoms with Crippen LogP contribution in [-0.4, -0.2) is 28.8 Å². The molecule has 0 aromatic carbocycles. The number of halogens is 1. The number of thioether (sulfide) groups is 1. The van der Waals surface area contributed by atoms with E-state index in [-0.39, 0.29) is 5.97 Å². The third kappa shape index (κ3) is 2.46. The molecule has 0 fully saturated rings. The minimum absolute atomic E-state index is 0.349. The number of rotatable bonds is 3. The standard InChI is InChI=1S/C10H9BrN2O2S2/c1-3-15-9(14)5-4-12-8-7(6(5)11)17-10(13-8)16-2/h4H,3H2,1-2H3. The van der Waals surface area contributed by atoms with E-state index in [1.54, 1.807) is 18.7 Å². The zero-order chi connectivity index (χ0) is 12.4. The summed E-state index contributed by atoms with van der Waals surface area (Å²) in [6, 6.07) is 0. The van der Waals surface area contributed by atoms with E-state index in [9.17, 15) is 4.79 Å². The monoisotopic (exact) mass is 332 g/mol. The van der Waals surface area contributed by atoms with Gasteiger partial charge in [0, 0.05) is 6.20 Å². The maximum atomic E-state index is 11.7. The van der Waals surface area contributed by atoms with Crippen molar-refractivity contribution < 1.29 is 9.53 Å². The molecule has 0 saturated carbocycles. The Bertz CT molecular complexity index is 571. The Morgan fingerprint density at radius 3 is 3.06 bits per heavy atom. The number of ether oxygens (including phenoxy) is 1. The largest absolute Gasteiger partial charge is 0.462 e. The smallest absolute Gasteiger partial charge is 0.340 e. The Kier molecular flexibility index (Phi) is 4.01. The highest BCUT2D eigenvalue weighted by atomic mass is 79.9. The third-order valence-corrected chi connectivity index (χ3v) is 5.14. The van der Waals surface area contributed by atoms with Crippen molar-refractivity contribution in [3.05, 3.63) is 16.2 Å². The van der Waals surface area contributed by atoms with Crippen LogP contribution in [0.2, 0.25) is 0 Å². The van der Waals surface area contributed by atoms with Gasteiger partial charge in [-0.15, -0.1) is 11.3 Å². The van der Waals surface area contributed by atoms with Crippen molar-refractivity contribution in [2.24, 2.45) is 0 Å². The van der Waals surface area contributed by atoms with E-state index in [1.807, 2.05) is 6.26 Å². The first kappa shape index (κ1) is 12.8. The molecule has 0 radical (unpaired) electrons. The summed E-state index contributed by atoms with van der Waals surface area (Å²) < 4.78 is 7.47. The van der Waals surface area contributed by atoms with E-state index in [0.717, 1.165) is 9.04 Å². The summed E-state index contributed by atoms with van der Waals surface area (Å²) >= 11 is 6.48. The fourth-order valence-corrected chi connectivity index (χ4v) is 3.41. The molecule has 0 saturated heterocycles. The molecule has 17 heavy (non-hydrogen) atoms. The van der Waals surface area contributed by atoms with Crippen LogP contribution >= 0.6 is 39.0 Å². The molecular weight excluding hydrogens is 324 g/mol. The highest BCUT2D eigenvalue weighted by Gasteiger charge is 2.17. The van der Waals surface area contributed by atoms with Crippen LogP contribution in [-0.2, 0) is 4.74 Å². The lowest BCUT2D eigenvalue weighted by Crippen LogP contribution is -2.06. The van der Waals surface area contributed by atoms with Gasteiger partial charge in [0.05, 0.1) is 21.3 Å². The van der Waals surface area contributed by atoms with Crippen molar-refractivity contribution in [1.82, 2.24) is 9.97 Å². The molecule has 4 nitrogen and oxygen atoms in total. The molecule has 2 heterocycles. The van der Waals surface area contributed by atoms with Crippen molar-refractivity contribution >= 4 is 55.3 Å². The number of esters is 1. The predicted octanol–water partition coefficient (Wildman–Crippen LogP) is 3.35. The molecule has 0 aliphatic rings. The summed E-state index contributed by atoms with van der Waals surface area (Å²) in [5.41, 5.74) is 1.09. The van der Waals surface area contributed by atoms with E-state index in [4.69, 9.17) is 4.74 Å². The van der Waals surface area contributed by atoms with Gasteiger partial charge >= 0.3 is 5.97 Å². The van der Waals surface area contributed by atoms with Gasteiger partial charge in [0.1, 0.15) is 0 Å². The lowest BCUT2D eigenvalue weighted by atomic mass is 10.3. The normalized spacial score (nSPS) is 10.8. The lowest BCUT2D eigenvalue weighted by molar-refractivity contribution is 0.0525. The second-order valence-electron chi connectivity index (χ2n) is 3.04. The average molecular weight is 333 g/mol. The Morgan fingerprint density at radius 2 is 2.41 bits per heavy atom. The second kappa shape index (κ2) is 5.32. The van der Waals surface area contributed by atoms with Gasteiger partial charge in [-0.1, -0.05) is 11.8 Å². The number of aromatic nitrogens is 2. The highest BCUT2D eigenvalue weighted by molar-refractivity contribution is 9.10. The first-order chi connectivity index (χ1) is 8.17. The van der Waals surface area contributed by atoms with Gasteiger partial charge in [-0.2, -0.15) is 0 Å². The van der Waals surface area contributed by atoms with Crippen LogP contribution in [0, 0.1) is 0 Å². The fourth-order valence-electron chi connectivity index (χ4n) is 1.27. The van der Waals surface area contributed by atoms with Crippen molar-refractivity contribution in [2.75, 3.05) is 12.9 Å². The topological polar surface area (TPSA) is 52.1 Å². The van der Waals surface area contributed by atoms with Crippen LogP contribution in [0.4, 0.5) is 0 Å². The third-order valence-electron chi connectivity index (χ3n) is 2.01. The molecule has 0 aliphatic carbocycles. The molecule has 0 spiro atoms. The Balaban J connectivity index is 2.52. The van der Waals surface area contributed by atoms with E-state index >= 15 is 0 Å². The number of thiazole rings is 1. The fraction of sp³-hybridized carbons (Fsp3) is 0.300. The Labute approximate surface area is 115 Å². The van der Waals surface area contributed by atoms with E-state index in [2.05, 4.69) is 25.9 Å². The highest BCUT2D eigenvalue weighted by Crippen LogP contribution is 2.34. The average Bonchev–Trinajstić information content (AvgIpc) is 2.73. The number of carbonyl (C=O) groups is 1. The SMILES string of the molecule is CCOC(=O)c1cnc2nc(SC)sc2c1Br. The summed E-state index contributed by atoms with van der Waals surface area (Å²) in [7, 11) is 0. The minimum Gasteiger partial charge on any atom is -0.462 e. The van der Waals surface area contributed by atoms with Crippen LogP contribution in [0.15, 0.2) is 15.0 Å². The number of fused-ring (bicyclic) bond motifs is 1. The van der Waals surface area contributed by atoms with Crippen LogP contribution in [0.5, 0.6) is 0 Å². The summed E-state index contributed by atoms with van der Waals surface area (Å²) in [5, 5.41) is 0. The number of hydrogen-bond acceptors (Lipinski definition) is 6. The molecule has 90 valence electrons. The summed E-state index contributed by atoms with van der Waals surface area (Å²) in [6.45, 7) is 2.12. The molecule has 0 atom stereocenters. The summed E-state index contributed by atoms with van der Waals surface area (Å²) in [5.74, 6) is -0.368. The van der Waals surface area contributed by atoms with Gasteiger partial charge in [-0.25, -0.2) is 14.8 Å². The van der Waals surface area contributed by atoms with Crippen LogP contribution in [0.3, 0.4) is 0 Å². The van der Waals surface area contributed by atoms with E-state index in [0.29, 0.717) is 22.3 Å². The van der Waals surface area contributed by atoms with Gasteiger partial charge < -0.3 is 4.74 Å². The lowest BCUT2D eigenvalue weighted by Gasteiger charge is -2.03. The molecule has 0 amide bonds. The molecular formula is C10H9BrN2O2S2. The van der Waals surface area contributed by atoms with Crippen LogP contribution < -0.4 is 0 Å².